The quantitative estimate of drug-likeness (QED) is 0.796. The second kappa shape index (κ2) is 7.22. The van der Waals surface area contributed by atoms with Gasteiger partial charge in [-0.3, -0.25) is 0 Å². The first kappa shape index (κ1) is 14.8. The molecule has 0 atom stereocenters. The van der Waals surface area contributed by atoms with E-state index in [0.29, 0.717) is 19.7 Å². The molecule has 2 aromatic rings. The Kier molecular flexibility index (Phi) is 5.33. The van der Waals surface area contributed by atoms with E-state index in [1.807, 2.05) is 0 Å². The number of ether oxygens (including phenoxy) is 2. The number of nitrogens with zero attached hydrogens (tertiary/aromatic N) is 2. The van der Waals surface area contributed by atoms with Gasteiger partial charge in [0.05, 0.1) is 6.61 Å². The van der Waals surface area contributed by atoms with E-state index in [9.17, 15) is 8.78 Å². The lowest BCUT2D eigenvalue weighted by atomic mass is 10.3. The third-order valence-electron chi connectivity index (χ3n) is 2.30. The maximum Gasteiger partial charge on any atom is 0.299 e. The molecule has 0 radical (unpaired) electrons. The third-order valence-corrected chi connectivity index (χ3v) is 3.10. The average molecular weight is 301 g/mol. The molecule has 0 aliphatic carbocycles. The molecule has 1 N–H and O–H groups in total. The van der Waals surface area contributed by atoms with Crippen molar-refractivity contribution in [3.63, 3.8) is 0 Å². The predicted molar refractivity (Wildman–Crippen MR) is 69.9 cm³/mol. The van der Waals surface area contributed by atoms with E-state index in [1.54, 1.807) is 7.11 Å². The molecule has 2 rings (SSSR count). The Hall–Kier alpha value is -1.64. The topological polar surface area (TPSA) is 56.3 Å². The number of rotatable bonds is 7. The van der Waals surface area contributed by atoms with Crippen LogP contribution in [-0.2, 0) is 11.3 Å². The Balaban J connectivity index is 1.90. The normalized spacial score (nSPS) is 10.8. The van der Waals surface area contributed by atoms with Crippen LogP contribution in [0.15, 0.2) is 18.2 Å². The van der Waals surface area contributed by atoms with Crippen molar-refractivity contribution < 1.29 is 18.3 Å². The molecule has 0 bridgehead atoms. The van der Waals surface area contributed by atoms with E-state index in [0.717, 1.165) is 17.1 Å². The standard InChI is InChI=1S/C12H13F2N3O2S/c1-18-5-4-15-7-11-16-17-12(20-11)19-8-2-3-9(13)10(14)6-8/h2-3,6,15H,4-5,7H2,1H3. The lowest BCUT2D eigenvalue weighted by molar-refractivity contribution is 0.199. The van der Waals surface area contributed by atoms with Crippen LogP contribution < -0.4 is 10.1 Å². The van der Waals surface area contributed by atoms with Gasteiger partial charge in [-0.1, -0.05) is 16.4 Å². The van der Waals surface area contributed by atoms with Crippen molar-refractivity contribution in [1.82, 2.24) is 15.5 Å². The highest BCUT2D eigenvalue weighted by molar-refractivity contribution is 7.13. The van der Waals surface area contributed by atoms with Crippen molar-refractivity contribution in [1.29, 1.82) is 0 Å². The fraction of sp³-hybridized carbons (Fsp3) is 0.333. The molecular weight excluding hydrogens is 288 g/mol. The summed E-state index contributed by atoms with van der Waals surface area (Å²) in [5.74, 6) is -1.70. The SMILES string of the molecule is COCCNCc1nnc(Oc2ccc(F)c(F)c2)s1. The van der Waals surface area contributed by atoms with Crippen LogP contribution in [0.3, 0.4) is 0 Å². The Morgan fingerprint density at radius 2 is 2.10 bits per heavy atom. The van der Waals surface area contributed by atoms with Gasteiger partial charge < -0.3 is 14.8 Å². The summed E-state index contributed by atoms with van der Waals surface area (Å²) in [7, 11) is 1.63. The first-order valence-corrected chi connectivity index (χ1v) is 6.65. The van der Waals surface area contributed by atoms with Crippen LogP contribution >= 0.6 is 11.3 Å². The highest BCUT2D eigenvalue weighted by Crippen LogP contribution is 2.25. The molecular formula is C12H13F2N3O2S. The maximum absolute atomic E-state index is 13.0. The summed E-state index contributed by atoms with van der Waals surface area (Å²) in [5.41, 5.74) is 0. The molecule has 8 heteroatoms. The highest BCUT2D eigenvalue weighted by Gasteiger charge is 2.08. The van der Waals surface area contributed by atoms with E-state index in [-0.39, 0.29) is 10.9 Å². The first-order valence-electron chi connectivity index (χ1n) is 5.84. The summed E-state index contributed by atoms with van der Waals surface area (Å²) in [6.45, 7) is 1.86. The minimum atomic E-state index is -0.964. The Morgan fingerprint density at radius 3 is 2.85 bits per heavy atom. The van der Waals surface area contributed by atoms with Crippen LogP contribution in [0, 0.1) is 11.6 Å². The molecule has 20 heavy (non-hydrogen) atoms. The number of halogens is 2. The van der Waals surface area contributed by atoms with Crippen molar-refractivity contribution in [3.8, 4) is 10.9 Å². The molecule has 0 saturated heterocycles. The van der Waals surface area contributed by atoms with Crippen LogP contribution in [-0.4, -0.2) is 30.5 Å². The van der Waals surface area contributed by atoms with Gasteiger partial charge in [0.15, 0.2) is 11.6 Å². The minimum Gasteiger partial charge on any atom is -0.430 e. The fourth-order valence-electron chi connectivity index (χ4n) is 1.36. The molecule has 1 aromatic heterocycles. The third kappa shape index (κ3) is 4.19. The van der Waals surface area contributed by atoms with E-state index < -0.39 is 11.6 Å². The van der Waals surface area contributed by atoms with E-state index in [4.69, 9.17) is 9.47 Å². The zero-order valence-corrected chi connectivity index (χ0v) is 11.5. The van der Waals surface area contributed by atoms with Gasteiger partial charge in [-0.25, -0.2) is 8.78 Å². The van der Waals surface area contributed by atoms with Crippen LogP contribution in [0.4, 0.5) is 8.78 Å². The van der Waals surface area contributed by atoms with Gasteiger partial charge in [-0.15, -0.1) is 5.10 Å². The number of nitrogens with one attached hydrogen (secondary N) is 1. The first-order chi connectivity index (χ1) is 9.69. The van der Waals surface area contributed by atoms with Gasteiger partial charge in [0.2, 0.25) is 0 Å². The van der Waals surface area contributed by atoms with Crippen molar-refractivity contribution in [2.24, 2.45) is 0 Å². The molecule has 5 nitrogen and oxygen atoms in total. The molecule has 0 unspecified atom stereocenters. The summed E-state index contributed by atoms with van der Waals surface area (Å²) in [6.07, 6.45) is 0. The molecule has 0 saturated carbocycles. The molecule has 1 heterocycles. The van der Waals surface area contributed by atoms with Crippen molar-refractivity contribution in [3.05, 3.63) is 34.8 Å². The smallest absolute Gasteiger partial charge is 0.299 e. The van der Waals surface area contributed by atoms with E-state index >= 15 is 0 Å². The molecule has 0 fully saturated rings. The summed E-state index contributed by atoms with van der Waals surface area (Å²) < 4.78 is 36.0. The van der Waals surface area contributed by atoms with E-state index in [1.165, 1.54) is 17.4 Å². The minimum absolute atomic E-state index is 0.180. The van der Waals surface area contributed by atoms with Crippen molar-refractivity contribution in [2.75, 3.05) is 20.3 Å². The maximum atomic E-state index is 13.0. The van der Waals surface area contributed by atoms with Crippen LogP contribution in [0.2, 0.25) is 0 Å². The number of aromatic nitrogens is 2. The van der Waals surface area contributed by atoms with Gasteiger partial charge in [0, 0.05) is 26.3 Å². The molecule has 1 aromatic carbocycles. The Labute approximate surface area is 118 Å². The van der Waals surface area contributed by atoms with Gasteiger partial charge in [-0.05, 0) is 12.1 Å². The zero-order valence-electron chi connectivity index (χ0n) is 10.7. The van der Waals surface area contributed by atoms with Crippen molar-refractivity contribution in [2.45, 2.75) is 6.54 Å². The van der Waals surface area contributed by atoms with E-state index in [2.05, 4.69) is 15.5 Å². The predicted octanol–water partition coefficient (Wildman–Crippen LogP) is 2.34. The van der Waals surface area contributed by atoms with Crippen molar-refractivity contribution >= 4 is 11.3 Å². The Morgan fingerprint density at radius 1 is 1.25 bits per heavy atom. The number of hydrogen-bond acceptors (Lipinski definition) is 6. The monoisotopic (exact) mass is 301 g/mol. The number of methoxy groups -OCH3 is 1. The second-order valence-electron chi connectivity index (χ2n) is 3.81. The highest BCUT2D eigenvalue weighted by atomic mass is 32.1. The van der Waals surface area contributed by atoms with Gasteiger partial charge in [0.1, 0.15) is 10.8 Å². The molecule has 0 aliphatic heterocycles. The molecule has 0 amide bonds. The second-order valence-corrected chi connectivity index (χ2v) is 4.83. The number of hydrogen-bond donors (Lipinski definition) is 1. The van der Waals surface area contributed by atoms with Gasteiger partial charge >= 0.3 is 0 Å². The fourth-order valence-corrected chi connectivity index (χ4v) is 2.04. The summed E-state index contributed by atoms with van der Waals surface area (Å²) >= 11 is 1.23. The largest absolute Gasteiger partial charge is 0.430 e. The van der Waals surface area contributed by atoms with Gasteiger partial charge in [-0.2, -0.15) is 0 Å². The molecule has 108 valence electrons. The molecule has 0 aliphatic rings. The van der Waals surface area contributed by atoms with Crippen LogP contribution in [0.5, 0.6) is 10.9 Å². The van der Waals surface area contributed by atoms with Crippen LogP contribution in [0.25, 0.3) is 0 Å². The lowest BCUT2D eigenvalue weighted by Crippen LogP contribution is -2.18. The summed E-state index contributed by atoms with van der Waals surface area (Å²) in [4.78, 5) is 0. The molecule has 0 spiro atoms. The summed E-state index contributed by atoms with van der Waals surface area (Å²) in [6, 6.07) is 3.29. The Bertz CT molecular complexity index is 565. The van der Waals surface area contributed by atoms with Crippen LogP contribution in [0.1, 0.15) is 5.01 Å². The lowest BCUT2D eigenvalue weighted by Gasteiger charge is -2.01. The zero-order chi connectivity index (χ0) is 14.4. The number of benzene rings is 1. The average Bonchev–Trinajstić information content (AvgIpc) is 2.87. The summed E-state index contributed by atoms with van der Waals surface area (Å²) in [5, 5.41) is 11.9. The van der Waals surface area contributed by atoms with Gasteiger partial charge in [0.25, 0.3) is 5.19 Å².